The molecule has 2 rings (SSSR count). The van der Waals surface area contributed by atoms with Gasteiger partial charge in [0.15, 0.2) is 11.5 Å². The number of rotatable bonds is 5. The van der Waals surface area contributed by atoms with Gasteiger partial charge in [0, 0.05) is 6.54 Å². The molecule has 0 aliphatic rings. The molecule has 4 heteroatoms. The molecule has 3 nitrogen and oxygen atoms in total. The maximum atomic E-state index is 5.87. The second-order valence-electron chi connectivity index (χ2n) is 4.05. The normalized spacial score (nSPS) is 10.3. The second-order valence-corrected chi connectivity index (χ2v) is 4.90. The summed E-state index contributed by atoms with van der Waals surface area (Å²) in [4.78, 5) is 0. The van der Waals surface area contributed by atoms with Gasteiger partial charge >= 0.3 is 0 Å². The lowest BCUT2D eigenvalue weighted by molar-refractivity contribution is 0.378. The van der Waals surface area contributed by atoms with E-state index >= 15 is 0 Å². The molecule has 1 N–H and O–H groups in total. The smallest absolute Gasteiger partial charge is 0.169 e. The van der Waals surface area contributed by atoms with E-state index in [1.54, 1.807) is 7.11 Å². The van der Waals surface area contributed by atoms with E-state index in [0.717, 1.165) is 16.8 Å². The van der Waals surface area contributed by atoms with Crippen LogP contribution < -0.4 is 14.8 Å². The van der Waals surface area contributed by atoms with Crippen molar-refractivity contribution < 1.29 is 9.47 Å². The molecule has 0 heterocycles. The molecular formula is C15H16BrNO2. The first-order valence-corrected chi connectivity index (χ1v) is 6.78. The zero-order valence-corrected chi connectivity index (χ0v) is 12.5. The maximum absolute atomic E-state index is 5.87. The van der Waals surface area contributed by atoms with Crippen molar-refractivity contribution in [2.45, 2.75) is 6.54 Å². The number of hydrogen-bond donors (Lipinski definition) is 1. The molecule has 0 spiro atoms. The Morgan fingerprint density at radius 2 is 1.79 bits per heavy atom. The average Bonchev–Trinajstić information content (AvgIpc) is 2.43. The highest BCUT2D eigenvalue weighted by Crippen LogP contribution is 2.35. The van der Waals surface area contributed by atoms with Crippen LogP contribution in [0.1, 0.15) is 5.56 Å². The average molecular weight is 322 g/mol. The molecule has 19 heavy (non-hydrogen) atoms. The van der Waals surface area contributed by atoms with Crippen LogP contribution in [0.3, 0.4) is 0 Å². The van der Waals surface area contributed by atoms with E-state index in [0.29, 0.717) is 11.5 Å². The zero-order chi connectivity index (χ0) is 13.7. The lowest BCUT2D eigenvalue weighted by Gasteiger charge is -2.12. The molecule has 0 aliphatic carbocycles. The highest BCUT2D eigenvalue weighted by atomic mass is 79.9. The maximum Gasteiger partial charge on any atom is 0.169 e. The van der Waals surface area contributed by atoms with Crippen molar-refractivity contribution in [2.75, 3.05) is 14.2 Å². The minimum Gasteiger partial charge on any atom is -0.493 e. The third-order valence-electron chi connectivity index (χ3n) is 2.67. The van der Waals surface area contributed by atoms with Crippen molar-refractivity contribution in [2.24, 2.45) is 0 Å². The number of nitrogens with one attached hydrogen (secondary N) is 1. The summed E-state index contributed by atoms with van der Waals surface area (Å²) < 4.78 is 12.1. The Bertz CT molecular complexity index is 558. The topological polar surface area (TPSA) is 30.5 Å². The standard InChI is InChI=1S/C15H16BrNO2/c1-17-10-11-7-8-13(12(16)9-11)19-15-6-4-3-5-14(15)18-2/h3-9,17H,10H2,1-2H3. The van der Waals surface area contributed by atoms with E-state index in [1.807, 2.05) is 49.5 Å². The summed E-state index contributed by atoms with van der Waals surface area (Å²) in [5.74, 6) is 2.19. The Balaban J connectivity index is 2.23. The Kier molecular flexibility index (Phi) is 4.82. The number of halogens is 1. The summed E-state index contributed by atoms with van der Waals surface area (Å²) in [6.45, 7) is 0.827. The van der Waals surface area contributed by atoms with Gasteiger partial charge in [-0.2, -0.15) is 0 Å². The molecule has 0 radical (unpaired) electrons. The second kappa shape index (κ2) is 6.59. The summed E-state index contributed by atoms with van der Waals surface area (Å²) in [7, 11) is 3.56. The van der Waals surface area contributed by atoms with Gasteiger partial charge in [0.05, 0.1) is 11.6 Å². The lowest BCUT2D eigenvalue weighted by Crippen LogP contribution is -2.04. The third kappa shape index (κ3) is 3.49. The molecule has 100 valence electrons. The van der Waals surface area contributed by atoms with Gasteiger partial charge in [-0.05, 0) is 52.8 Å². The summed E-state index contributed by atoms with van der Waals surface area (Å²) in [5.41, 5.74) is 1.20. The minimum atomic E-state index is 0.701. The third-order valence-corrected chi connectivity index (χ3v) is 3.29. The number of para-hydroxylation sites is 2. The van der Waals surface area contributed by atoms with Gasteiger partial charge in [-0.3, -0.25) is 0 Å². The molecule has 0 bridgehead atoms. The number of benzene rings is 2. The van der Waals surface area contributed by atoms with Gasteiger partial charge in [0.2, 0.25) is 0 Å². The lowest BCUT2D eigenvalue weighted by atomic mass is 10.2. The molecular weight excluding hydrogens is 306 g/mol. The van der Waals surface area contributed by atoms with Crippen molar-refractivity contribution in [3.8, 4) is 17.2 Å². The summed E-state index contributed by atoms with van der Waals surface area (Å²) in [6, 6.07) is 13.6. The van der Waals surface area contributed by atoms with Crippen molar-refractivity contribution >= 4 is 15.9 Å². The van der Waals surface area contributed by atoms with Crippen LogP contribution >= 0.6 is 15.9 Å². The van der Waals surface area contributed by atoms with E-state index in [9.17, 15) is 0 Å². The SMILES string of the molecule is CNCc1ccc(Oc2ccccc2OC)c(Br)c1. The van der Waals surface area contributed by atoms with Crippen LogP contribution in [0.2, 0.25) is 0 Å². The Hall–Kier alpha value is -1.52. The van der Waals surface area contributed by atoms with E-state index in [4.69, 9.17) is 9.47 Å². The predicted octanol–water partition coefficient (Wildman–Crippen LogP) is 3.97. The van der Waals surface area contributed by atoms with E-state index in [1.165, 1.54) is 5.56 Å². The Morgan fingerprint density at radius 1 is 1.05 bits per heavy atom. The van der Waals surface area contributed by atoms with Crippen molar-refractivity contribution in [3.05, 3.63) is 52.5 Å². The molecule has 0 saturated carbocycles. The molecule has 2 aromatic carbocycles. The van der Waals surface area contributed by atoms with Gasteiger partial charge in [-0.1, -0.05) is 18.2 Å². The van der Waals surface area contributed by atoms with Crippen LogP contribution in [0.15, 0.2) is 46.9 Å². The minimum absolute atomic E-state index is 0.701. The molecule has 0 unspecified atom stereocenters. The first kappa shape index (κ1) is 13.9. The molecule has 0 atom stereocenters. The Labute approximate surface area is 121 Å². The first-order valence-electron chi connectivity index (χ1n) is 5.98. The first-order chi connectivity index (χ1) is 9.24. The summed E-state index contributed by atoms with van der Waals surface area (Å²) in [5, 5.41) is 3.12. The van der Waals surface area contributed by atoms with Gasteiger partial charge in [-0.25, -0.2) is 0 Å². The van der Waals surface area contributed by atoms with Gasteiger partial charge in [0.1, 0.15) is 5.75 Å². The molecule has 0 fully saturated rings. The Morgan fingerprint density at radius 3 is 2.42 bits per heavy atom. The largest absolute Gasteiger partial charge is 0.493 e. The van der Waals surface area contributed by atoms with Crippen LogP contribution in [0, 0.1) is 0 Å². The summed E-state index contributed by atoms with van der Waals surface area (Å²) >= 11 is 3.53. The molecule has 0 aliphatic heterocycles. The monoisotopic (exact) mass is 321 g/mol. The number of ether oxygens (including phenoxy) is 2. The van der Waals surface area contributed by atoms with E-state index in [2.05, 4.69) is 21.2 Å². The fraction of sp³-hybridized carbons (Fsp3) is 0.200. The van der Waals surface area contributed by atoms with Crippen molar-refractivity contribution in [1.29, 1.82) is 0 Å². The van der Waals surface area contributed by atoms with E-state index < -0.39 is 0 Å². The quantitative estimate of drug-likeness (QED) is 0.903. The van der Waals surface area contributed by atoms with Crippen LogP contribution in [-0.4, -0.2) is 14.2 Å². The van der Waals surface area contributed by atoms with Crippen LogP contribution in [0.4, 0.5) is 0 Å². The number of hydrogen-bond acceptors (Lipinski definition) is 3. The highest BCUT2D eigenvalue weighted by Gasteiger charge is 2.07. The zero-order valence-electron chi connectivity index (χ0n) is 10.9. The van der Waals surface area contributed by atoms with E-state index in [-0.39, 0.29) is 0 Å². The molecule has 2 aromatic rings. The number of methoxy groups -OCH3 is 1. The molecule has 0 aromatic heterocycles. The fourth-order valence-electron chi connectivity index (χ4n) is 1.76. The van der Waals surface area contributed by atoms with Crippen LogP contribution in [-0.2, 0) is 6.54 Å². The van der Waals surface area contributed by atoms with Gasteiger partial charge in [-0.15, -0.1) is 0 Å². The highest BCUT2D eigenvalue weighted by molar-refractivity contribution is 9.10. The van der Waals surface area contributed by atoms with Crippen LogP contribution in [0.5, 0.6) is 17.2 Å². The summed E-state index contributed by atoms with van der Waals surface area (Å²) in [6.07, 6.45) is 0. The predicted molar refractivity (Wildman–Crippen MR) is 80.0 cm³/mol. The molecule has 0 saturated heterocycles. The van der Waals surface area contributed by atoms with Gasteiger partial charge in [0.25, 0.3) is 0 Å². The van der Waals surface area contributed by atoms with Crippen molar-refractivity contribution in [3.63, 3.8) is 0 Å². The van der Waals surface area contributed by atoms with Crippen molar-refractivity contribution in [1.82, 2.24) is 5.32 Å². The fourth-order valence-corrected chi connectivity index (χ4v) is 2.27. The molecule has 0 amide bonds. The van der Waals surface area contributed by atoms with Crippen LogP contribution in [0.25, 0.3) is 0 Å². The van der Waals surface area contributed by atoms with Gasteiger partial charge < -0.3 is 14.8 Å².